The molecule has 0 unspecified atom stereocenters. The van der Waals surface area contributed by atoms with E-state index in [-0.39, 0.29) is 5.97 Å². The zero-order valence-corrected chi connectivity index (χ0v) is 22.2. The molecule has 4 heteroatoms. The lowest BCUT2D eigenvalue weighted by Gasteiger charge is -2.17. The smallest absolute Gasteiger partial charge is 0.305 e. The SMILES string of the molecule is CCCC(=O)OCC.CCC[C@@H]1Nc2c(N=C(c3ccccc3)c3ccccc3)cccc2[C@@H]1CC. The molecule has 0 fully saturated rings. The molecule has 190 valence electrons. The van der Waals surface area contributed by atoms with Gasteiger partial charge in [0.2, 0.25) is 0 Å². The van der Waals surface area contributed by atoms with Crippen LogP contribution in [0, 0.1) is 0 Å². The summed E-state index contributed by atoms with van der Waals surface area (Å²) in [5.41, 5.74) is 6.98. The van der Waals surface area contributed by atoms with Gasteiger partial charge in [-0.05, 0) is 37.8 Å². The molecule has 2 atom stereocenters. The Bertz CT molecular complexity index is 1060. The number of benzene rings is 3. The number of para-hydroxylation sites is 1. The summed E-state index contributed by atoms with van der Waals surface area (Å²) in [5, 5.41) is 3.81. The van der Waals surface area contributed by atoms with E-state index in [0.717, 1.165) is 35.4 Å². The molecule has 3 aromatic rings. The minimum absolute atomic E-state index is 0.0880. The fraction of sp³-hybridized carbons (Fsp3) is 0.375. The highest BCUT2D eigenvalue weighted by Gasteiger charge is 2.31. The summed E-state index contributed by atoms with van der Waals surface area (Å²) in [6.45, 7) is 8.82. The molecule has 3 aromatic carbocycles. The molecule has 4 nitrogen and oxygen atoms in total. The van der Waals surface area contributed by atoms with Crippen LogP contribution in [0.4, 0.5) is 11.4 Å². The molecule has 0 radical (unpaired) electrons. The lowest BCUT2D eigenvalue weighted by molar-refractivity contribution is -0.143. The van der Waals surface area contributed by atoms with Crippen molar-refractivity contribution in [3.05, 3.63) is 95.6 Å². The monoisotopic (exact) mass is 484 g/mol. The predicted octanol–water partition coefficient (Wildman–Crippen LogP) is 8.29. The van der Waals surface area contributed by atoms with Crippen LogP contribution in [-0.2, 0) is 9.53 Å². The highest BCUT2D eigenvalue weighted by Crippen LogP contribution is 2.44. The summed E-state index contributed by atoms with van der Waals surface area (Å²) in [7, 11) is 0. The van der Waals surface area contributed by atoms with Gasteiger partial charge in [-0.2, -0.15) is 0 Å². The number of ether oxygens (including phenoxy) is 1. The van der Waals surface area contributed by atoms with Gasteiger partial charge in [0, 0.05) is 29.5 Å². The molecule has 0 spiro atoms. The van der Waals surface area contributed by atoms with Crippen LogP contribution in [-0.4, -0.2) is 24.3 Å². The molecule has 0 saturated carbocycles. The topological polar surface area (TPSA) is 50.7 Å². The van der Waals surface area contributed by atoms with Crippen LogP contribution in [0.3, 0.4) is 0 Å². The Kier molecular flexibility index (Phi) is 10.7. The Morgan fingerprint density at radius 3 is 2.00 bits per heavy atom. The van der Waals surface area contributed by atoms with Crippen molar-refractivity contribution < 1.29 is 9.53 Å². The molecule has 36 heavy (non-hydrogen) atoms. The average Bonchev–Trinajstić information content (AvgIpc) is 3.27. The quantitative estimate of drug-likeness (QED) is 0.245. The van der Waals surface area contributed by atoms with Gasteiger partial charge < -0.3 is 10.1 Å². The third-order valence-corrected chi connectivity index (χ3v) is 6.42. The lowest BCUT2D eigenvalue weighted by Crippen LogP contribution is -2.19. The average molecular weight is 485 g/mol. The van der Waals surface area contributed by atoms with E-state index in [0.29, 0.717) is 25.0 Å². The number of hydrogen-bond donors (Lipinski definition) is 1. The molecule has 0 aliphatic carbocycles. The number of aliphatic imine (C=N–C) groups is 1. The minimum Gasteiger partial charge on any atom is -0.466 e. The van der Waals surface area contributed by atoms with Gasteiger partial charge in [-0.1, -0.05) is 100.0 Å². The third-order valence-electron chi connectivity index (χ3n) is 6.42. The fourth-order valence-corrected chi connectivity index (χ4v) is 4.75. The summed E-state index contributed by atoms with van der Waals surface area (Å²) >= 11 is 0. The van der Waals surface area contributed by atoms with E-state index in [2.05, 4.69) is 103 Å². The van der Waals surface area contributed by atoms with E-state index < -0.39 is 0 Å². The van der Waals surface area contributed by atoms with Gasteiger partial charge in [0.1, 0.15) is 0 Å². The van der Waals surface area contributed by atoms with Crippen LogP contribution in [0.1, 0.15) is 82.4 Å². The second-order valence-corrected chi connectivity index (χ2v) is 9.04. The Labute approximate surface area is 216 Å². The molecule has 0 saturated heterocycles. The van der Waals surface area contributed by atoms with Crippen LogP contribution >= 0.6 is 0 Å². The van der Waals surface area contributed by atoms with E-state index >= 15 is 0 Å². The molecule has 4 rings (SSSR count). The van der Waals surface area contributed by atoms with Crippen molar-refractivity contribution in [3.8, 4) is 0 Å². The van der Waals surface area contributed by atoms with Gasteiger partial charge in [-0.25, -0.2) is 4.99 Å². The van der Waals surface area contributed by atoms with E-state index in [4.69, 9.17) is 4.99 Å². The van der Waals surface area contributed by atoms with Gasteiger partial charge in [0.25, 0.3) is 0 Å². The summed E-state index contributed by atoms with van der Waals surface area (Å²) in [6, 6.07) is 28.0. The number of nitrogens with one attached hydrogen (secondary N) is 1. The zero-order chi connectivity index (χ0) is 25.8. The van der Waals surface area contributed by atoms with Gasteiger partial charge in [0.05, 0.1) is 23.7 Å². The molecule has 1 aliphatic rings. The Morgan fingerprint density at radius 2 is 1.47 bits per heavy atom. The van der Waals surface area contributed by atoms with E-state index in [1.165, 1.54) is 24.1 Å². The maximum absolute atomic E-state index is 10.4. The second-order valence-electron chi connectivity index (χ2n) is 9.04. The Morgan fingerprint density at radius 1 is 0.833 bits per heavy atom. The first-order valence-electron chi connectivity index (χ1n) is 13.4. The van der Waals surface area contributed by atoms with Crippen LogP contribution in [0.15, 0.2) is 83.9 Å². The Balaban J connectivity index is 0.000000392. The maximum Gasteiger partial charge on any atom is 0.305 e. The number of nitrogens with zero attached hydrogens (tertiary/aromatic N) is 1. The van der Waals surface area contributed by atoms with Crippen LogP contribution in [0.25, 0.3) is 0 Å². The van der Waals surface area contributed by atoms with Crippen LogP contribution in [0.2, 0.25) is 0 Å². The maximum atomic E-state index is 10.4. The van der Waals surface area contributed by atoms with Gasteiger partial charge in [0.15, 0.2) is 0 Å². The third kappa shape index (κ3) is 7.07. The number of esters is 1. The van der Waals surface area contributed by atoms with Crippen molar-refractivity contribution in [1.82, 2.24) is 0 Å². The molecule has 1 heterocycles. The number of hydrogen-bond acceptors (Lipinski definition) is 4. The van der Waals surface area contributed by atoms with Gasteiger partial charge >= 0.3 is 5.97 Å². The number of carbonyl (C=O) groups is 1. The molecule has 0 amide bonds. The van der Waals surface area contributed by atoms with Crippen LogP contribution < -0.4 is 5.32 Å². The number of anilines is 1. The van der Waals surface area contributed by atoms with E-state index in [9.17, 15) is 4.79 Å². The Hall–Kier alpha value is -3.40. The van der Waals surface area contributed by atoms with E-state index in [1.54, 1.807) is 0 Å². The van der Waals surface area contributed by atoms with Crippen molar-refractivity contribution >= 4 is 23.1 Å². The van der Waals surface area contributed by atoms with Crippen LogP contribution in [0.5, 0.6) is 0 Å². The normalized spacial score (nSPS) is 15.7. The van der Waals surface area contributed by atoms with Gasteiger partial charge in [-0.3, -0.25) is 4.79 Å². The first kappa shape index (κ1) is 27.2. The summed E-state index contributed by atoms with van der Waals surface area (Å²) in [6.07, 6.45) is 4.97. The number of fused-ring (bicyclic) bond motifs is 1. The standard InChI is InChI=1S/C26H28N2.C6H12O2/c1-3-12-23-21(4-2)22-17-11-18-24(26(22)27-23)28-25(19-13-7-5-8-14-19)20-15-9-6-10-16-20;1-3-5-6(7)8-4-2/h5-11,13-18,21,23,27H,3-4,12H2,1-2H3;3-5H2,1-2H3/t21-,23-;/m0./s1. The molecular weight excluding hydrogens is 444 g/mol. The molecule has 0 aromatic heterocycles. The second kappa shape index (κ2) is 14.2. The molecular formula is C32H40N2O2. The zero-order valence-electron chi connectivity index (χ0n) is 22.2. The first-order chi connectivity index (χ1) is 17.6. The van der Waals surface area contributed by atoms with Crippen molar-refractivity contribution in [2.75, 3.05) is 11.9 Å². The summed E-state index contributed by atoms with van der Waals surface area (Å²) in [5.74, 6) is 0.483. The summed E-state index contributed by atoms with van der Waals surface area (Å²) < 4.78 is 4.64. The summed E-state index contributed by atoms with van der Waals surface area (Å²) in [4.78, 5) is 15.6. The predicted molar refractivity (Wildman–Crippen MR) is 152 cm³/mol. The van der Waals surface area contributed by atoms with Crippen molar-refractivity contribution in [1.29, 1.82) is 0 Å². The lowest BCUT2D eigenvalue weighted by atomic mass is 9.90. The van der Waals surface area contributed by atoms with E-state index in [1.807, 2.05) is 13.8 Å². The minimum atomic E-state index is -0.0880. The first-order valence-corrected chi connectivity index (χ1v) is 13.4. The highest BCUT2D eigenvalue weighted by molar-refractivity contribution is 6.14. The number of rotatable bonds is 9. The highest BCUT2D eigenvalue weighted by atomic mass is 16.5. The molecule has 1 aliphatic heterocycles. The van der Waals surface area contributed by atoms with Gasteiger partial charge in [-0.15, -0.1) is 0 Å². The largest absolute Gasteiger partial charge is 0.466 e. The fourth-order valence-electron chi connectivity index (χ4n) is 4.75. The van der Waals surface area contributed by atoms with Crippen molar-refractivity contribution in [3.63, 3.8) is 0 Å². The van der Waals surface area contributed by atoms with Crippen molar-refractivity contribution in [2.24, 2.45) is 4.99 Å². The molecule has 1 N–H and O–H groups in total. The molecule has 0 bridgehead atoms. The van der Waals surface area contributed by atoms with Crippen molar-refractivity contribution in [2.45, 2.75) is 71.8 Å². The number of carbonyl (C=O) groups excluding carboxylic acids is 1.